The van der Waals surface area contributed by atoms with Gasteiger partial charge < -0.3 is 14.9 Å². The second-order valence-electron chi connectivity index (χ2n) is 2.12. The van der Waals surface area contributed by atoms with E-state index in [0.29, 0.717) is 6.42 Å². The van der Waals surface area contributed by atoms with Gasteiger partial charge in [0.05, 0.1) is 0 Å². The molecule has 12 heavy (non-hydrogen) atoms. The first kappa shape index (κ1) is 24.2. The van der Waals surface area contributed by atoms with Crippen molar-refractivity contribution in [2.24, 2.45) is 0 Å². The average Bonchev–Trinajstić information content (AvgIpc) is 1.85. The van der Waals surface area contributed by atoms with E-state index in [2.05, 4.69) is 4.74 Å². The van der Waals surface area contributed by atoms with Crippen LogP contribution in [0.3, 0.4) is 0 Å². The van der Waals surface area contributed by atoms with Crippen molar-refractivity contribution in [3.05, 3.63) is 0 Å². The predicted molar refractivity (Wildman–Crippen MR) is 47.7 cm³/mol. The third kappa shape index (κ3) is 38.5. The van der Waals surface area contributed by atoms with Crippen LogP contribution in [0, 0.1) is 0 Å². The Kier molecular flexibility index (Phi) is 39.1. The van der Waals surface area contributed by atoms with Gasteiger partial charge in [0.15, 0.2) is 0 Å². The first-order valence-electron chi connectivity index (χ1n) is 3.39. The first-order valence-corrected chi connectivity index (χ1v) is 3.39. The Morgan fingerprint density at radius 1 is 1.17 bits per heavy atom. The molecule has 0 aliphatic carbocycles. The fourth-order valence-electron chi connectivity index (χ4n) is 0.167. The number of ether oxygens (including phenoxy) is 1. The molecule has 0 aliphatic heterocycles. The van der Waals surface area contributed by atoms with Crippen molar-refractivity contribution in [2.75, 3.05) is 7.11 Å². The molecule has 64 valence electrons. The molecule has 3 nitrogen and oxygen atoms in total. The van der Waals surface area contributed by atoms with Crippen LogP contribution in [0.2, 0.25) is 0 Å². The van der Waals surface area contributed by atoms with Crippen molar-refractivity contribution in [3.8, 4) is 0 Å². The summed E-state index contributed by atoms with van der Waals surface area (Å²) in [6.07, 6.45) is -0.679. The summed E-state index contributed by atoms with van der Waals surface area (Å²) < 4.78 is 4.34. The van der Waals surface area contributed by atoms with Crippen LogP contribution in [0.15, 0.2) is 0 Å². The standard InChI is InChI=1S/C4H9O2.C3H7O.2Sr/c1-3-4(5)6-2;1-3(2)4;;/h4H,3H2,1-2H3;3H,1-2H3;;/q2*-1;2*+2. The molecular formula is C7H16O3Sr2+2. The summed E-state index contributed by atoms with van der Waals surface area (Å²) in [7, 11) is 1.42. The van der Waals surface area contributed by atoms with Gasteiger partial charge in [0.1, 0.15) is 0 Å². The van der Waals surface area contributed by atoms with Crippen LogP contribution >= 0.6 is 0 Å². The minimum atomic E-state index is -0.815. The second-order valence-corrected chi connectivity index (χ2v) is 2.12. The van der Waals surface area contributed by atoms with Gasteiger partial charge in [-0.15, -0.1) is 6.10 Å². The van der Waals surface area contributed by atoms with Crippen LogP contribution < -0.4 is 10.2 Å². The predicted octanol–water partition coefficient (Wildman–Crippen LogP) is -1.28. The second kappa shape index (κ2) is 19.4. The van der Waals surface area contributed by atoms with Crippen LogP contribution in [-0.2, 0) is 4.74 Å². The van der Waals surface area contributed by atoms with E-state index in [1.807, 2.05) is 0 Å². The van der Waals surface area contributed by atoms with E-state index in [0.717, 1.165) is 0 Å². The van der Waals surface area contributed by atoms with Crippen LogP contribution in [0.4, 0.5) is 0 Å². The molecule has 0 aromatic heterocycles. The van der Waals surface area contributed by atoms with Crippen molar-refractivity contribution in [1.29, 1.82) is 0 Å². The Bertz CT molecular complexity index is 55.9. The van der Waals surface area contributed by atoms with Gasteiger partial charge in [0.25, 0.3) is 0 Å². The molecule has 0 aliphatic rings. The number of hydrogen-bond acceptors (Lipinski definition) is 3. The molecule has 0 N–H and O–H groups in total. The van der Waals surface area contributed by atoms with E-state index in [1.54, 1.807) is 20.8 Å². The van der Waals surface area contributed by atoms with Gasteiger partial charge in [0.2, 0.25) is 0 Å². The fourth-order valence-corrected chi connectivity index (χ4v) is 0.167. The van der Waals surface area contributed by atoms with Crippen LogP contribution in [0.25, 0.3) is 0 Å². The molecular weight excluding hydrogens is 307 g/mol. The monoisotopic (exact) mass is 324 g/mol. The zero-order chi connectivity index (χ0) is 8.57. The molecule has 0 radical (unpaired) electrons. The van der Waals surface area contributed by atoms with Crippen molar-refractivity contribution in [1.82, 2.24) is 0 Å². The molecule has 0 amide bonds. The molecule has 0 bridgehead atoms. The summed E-state index contributed by atoms with van der Waals surface area (Å²) in [4.78, 5) is 0. The Balaban J connectivity index is -0.0000000483. The van der Waals surface area contributed by atoms with Crippen molar-refractivity contribution in [2.45, 2.75) is 39.6 Å². The van der Waals surface area contributed by atoms with E-state index in [9.17, 15) is 10.2 Å². The molecule has 1 unspecified atom stereocenters. The SMILES string of the molecule is CC(C)[O-].CCC([O-])OC.[Sr+2].[Sr+2]. The molecule has 0 aromatic carbocycles. The summed E-state index contributed by atoms with van der Waals surface area (Å²) in [5, 5.41) is 19.6. The van der Waals surface area contributed by atoms with Gasteiger partial charge >= 0.3 is 91.0 Å². The van der Waals surface area contributed by atoms with E-state index < -0.39 is 12.4 Å². The summed E-state index contributed by atoms with van der Waals surface area (Å²) in [5.74, 6) is 0. The van der Waals surface area contributed by atoms with Gasteiger partial charge in [-0.2, -0.15) is 0 Å². The van der Waals surface area contributed by atoms with Gasteiger partial charge in [-0.3, -0.25) is 0 Å². The molecule has 0 aromatic rings. The Labute approximate surface area is 149 Å². The van der Waals surface area contributed by atoms with E-state index >= 15 is 0 Å². The van der Waals surface area contributed by atoms with Crippen LogP contribution in [0.1, 0.15) is 27.2 Å². The maximum atomic E-state index is 10.0. The van der Waals surface area contributed by atoms with Crippen LogP contribution in [0.5, 0.6) is 0 Å². The number of methoxy groups -OCH3 is 1. The quantitative estimate of drug-likeness (QED) is 0.470. The first-order chi connectivity index (χ1) is 4.54. The molecule has 0 fully saturated rings. The zero-order valence-electron chi connectivity index (χ0n) is 8.50. The third-order valence-electron chi connectivity index (χ3n) is 0.596. The summed E-state index contributed by atoms with van der Waals surface area (Å²) >= 11 is 0. The van der Waals surface area contributed by atoms with Crippen LogP contribution in [-0.4, -0.2) is 110 Å². The Morgan fingerprint density at radius 2 is 1.42 bits per heavy atom. The molecule has 0 saturated carbocycles. The van der Waals surface area contributed by atoms with E-state index in [4.69, 9.17) is 0 Å². The minimum Gasteiger partial charge on any atom is -0.852 e. The molecule has 0 saturated heterocycles. The minimum absolute atomic E-state index is 0. The summed E-state index contributed by atoms with van der Waals surface area (Å²) in [6.45, 7) is 5.02. The normalized spacial score (nSPS) is 10.2. The van der Waals surface area contributed by atoms with Gasteiger partial charge in [-0.25, -0.2) is 0 Å². The number of rotatable bonds is 2. The molecule has 0 spiro atoms. The van der Waals surface area contributed by atoms with Gasteiger partial charge in [0, 0.05) is 7.11 Å². The van der Waals surface area contributed by atoms with Gasteiger partial charge in [-0.05, 0) is 12.7 Å². The Morgan fingerprint density at radius 3 is 1.42 bits per heavy atom. The Hall–Kier alpha value is 2.84. The molecule has 0 heterocycles. The van der Waals surface area contributed by atoms with E-state index in [-0.39, 0.29) is 91.0 Å². The number of hydrogen-bond donors (Lipinski definition) is 0. The zero-order valence-corrected chi connectivity index (χ0v) is 15.5. The smallest absolute Gasteiger partial charge is 0.852 e. The fraction of sp³-hybridized carbons (Fsp3) is 1.00. The maximum Gasteiger partial charge on any atom is 2.00 e. The summed E-state index contributed by atoms with van der Waals surface area (Å²) in [6, 6.07) is 0. The molecule has 1 atom stereocenters. The van der Waals surface area contributed by atoms with E-state index in [1.165, 1.54) is 7.11 Å². The van der Waals surface area contributed by atoms with Gasteiger partial charge in [-0.1, -0.05) is 20.8 Å². The topological polar surface area (TPSA) is 55.3 Å². The molecule has 5 heteroatoms. The molecule has 0 rings (SSSR count). The van der Waals surface area contributed by atoms with Crippen molar-refractivity contribution >= 4 is 91.0 Å². The average molecular weight is 323 g/mol. The largest absolute Gasteiger partial charge is 2.00 e. The van der Waals surface area contributed by atoms with Crippen molar-refractivity contribution < 1.29 is 14.9 Å². The maximum absolute atomic E-state index is 10.0. The van der Waals surface area contributed by atoms with Crippen molar-refractivity contribution in [3.63, 3.8) is 0 Å². The summed E-state index contributed by atoms with van der Waals surface area (Å²) in [5.41, 5.74) is 0. The third-order valence-corrected chi connectivity index (χ3v) is 0.596.